The van der Waals surface area contributed by atoms with Crippen molar-refractivity contribution >= 4 is 16.0 Å². The summed E-state index contributed by atoms with van der Waals surface area (Å²) in [7, 11) is -4.10. The van der Waals surface area contributed by atoms with Gasteiger partial charge in [-0.1, -0.05) is 20.8 Å². The molecule has 0 saturated heterocycles. The summed E-state index contributed by atoms with van der Waals surface area (Å²) >= 11 is 0. The first-order chi connectivity index (χ1) is 16.3. The minimum atomic E-state index is -4.10. The first-order valence-corrected chi connectivity index (χ1v) is 15.1. The average Bonchev–Trinajstić information content (AvgIpc) is 3.12. The van der Waals surface area contributed by atoms with Crippen LogP contribution < -0.4 is 5.32 Å². The Balaban J connectivity index is 1.43. The molecule has 0 spiro atoms. The van der Waals surface area contributed by atoms with Crippen molar-refractivity contribution in [3.63, 3.8) is 0 Å². The maximum Gasteiger partial charge on any atom is 0.266 e. The molecule has 4 aliphatic rings. The molecular formula is C26H45NO7S. The van der Waals surface area contributed by atoms with Crippen LogP contribution in [0, 0.1) is 46.3 Å². The topological polar surface area (TPSA) is 144 Å². The number of hydrogen-bond donors (Lipinski definition) is 5. The van der Waals surface area contributed by atoms with Crippen LogP contribution in [-0.2, 0) is 14.9 Å². The van der Waals surface area contributed by atoms with Gasteiger partial charge < -0.3 is 20.6 Å². The smallest absolute Gasteiger partial charge is 0.266 e. The number of rotatable bonds is 7. The molecule has 202 valence electrons. The summed E-state index contributed by atoms with van der Waals surface area (Å²) in [6, 6.07) is 0. The lowest BCUT2D eigenvalue weighted by Gasteiger charge is -2.63. The fourth-order valence-electron chi connectivity index (χ4n) is 9.10. The number of fused-ring (bicyclic) bond motifs is 5. The van der Waals surface area contributed by atoms with E-state index in [0.717, 1.165) is 38.5 Å². The second-order valence-corrected chi connectivity index (χ2v) is 14.2. The molecule has 1 amide bonds. The van der Waals surface area contributed by atoms with Gasteiger partial charge in [-0.05, 0) is 97.7 Å². The average molecular weight is 516 g/mol. The number of amides is 1. The lowest BCUT2D eigenvalue weighted by molar-refractivity contribution is -0.207. The molecule has 0 heterocycles. The molecule has 4 fully saturated rings. The zero-order chi connectivity index (χ0) is 25.8. The Hall–Kier alpha value is -0.740. The van der Waals surface area contributed by atoms with E-state index < -0.39 is 28.1 Å². The minimum Gasteiger partial charge on any atom is -0.393 e. The van der Waals surface area contributed by atoms with Gasteiger partial charge in [0, 0.05) is 13.0 Å². The van der Waals surface area contributed by atoms with Crippen LogP contribution in [0.25, 0.3) is 0 Å². The zero-order valence-electron chi connectivity index (χ0n) is 21.4. The van der Waals surface area contributed by atoms with Crippen molar-refractivity contribution in [1.29, 1.82) is 0 Å². The van der Waals surface area contributed by atoms with Crippen molar-refractivity contribution in [3.8, 4) is 0 Å². The Bertz CT molecular complexity index is 896. The summed E-state index contributed by atoms with van der Waals surface area (Å²) in [6.07, 6.45) is 5.67. The van der Waals surface area contributed by atoms with Crippen molar-refractivity contribution < 1.29 is 33.1 Å². The zero-order valence-corrected chi connectivity index (χ0v) is 22.2. The fourth-order valence-corrected chi connectivity index (χ4v) is 9.46. The number of carbonyl (C=O) groups excluding carboxylic acids is 1. The molecule has 35 heavy (non-hydrogen) atoms. The van der Waals surface area contributed by atoms with Crippen molar-refractivity contribution in [2.75, 3.05) is 12.3 Å². The van der Waals surface area contributed by atoms with Crippen molar-refractivity contribution in [1.82, 2.24) is 5.32 Å². The number of aliphatic hydroxyl groups is 3. The second-order valence-electron chi connectivity index (χ2n) is 12.7. The minimum absolute atomic E-state index is 0.0509. The predicted molar refractivity (Wildman–Crippen MR) is 132 cm³/mol. The number of carbonyl (C=O) groups is 1. The van der Waals surface area contributed by atoms with E-state index in [1.54, 1.807) is 0 Å². The highest BCUT2D eigenvalue weighted by molar-refractivity contribution is 7.85. The van der Waals surface area contributed by atoms with E-state index >= 15 is 0 Å². The van der Waals surface area contributed by atoms with Crippen molar-refractivity contribution in [2.24, 2.45) is 46.3 Å². The molecule has 0 aliphatic heterocycles. The molecule has 4 aliphatic carbocycles. The van der Waals surface area contributed by atoms with Gasteiger partial charge >= 0.3 is 0 Å². The Morgan fingerprint density at radius 2 is 1.77 bits per heavy atom. The lowest BCUT2D eigenvalue weighted by Crippen LogP contribution is -2.62. The first-order valence-electron chi connectivity index (χ1n) is 13.5. The van der Waals surface area contributed by atoms with E-state index in [4.69, 9.17) is 4.55 Å². The Morgan fingerprint density at radius 1 is 1.06 bits per heavy atom. The van der Waals surface area contributed by atoms with Crippen LogP contribution in [0.5, 0.6) is 0 Å². The van der Waals surface area contributed by atoms with E-state index in [2.05, 4.69) is 26.1 Å². The number of aliphatic hydroxyl groups excluding tert-OH is 3. The predicted octanol–water partition coefficient (Wildman–Crippen LogP) is 2.37. The molecule has 0 aromatic rings. The molecule has 0 bridgehead atoms. The van der Waals surface area contributed by atoms with E-state index in [0.29, 0.717) is 18.8 Å². The van der Waals surface area contributed by atoms with Crippen molar-refractivity contribution in [3.05, 3.63) is 0 Å². The molecule has 11 atom stereocenters. The molecule has 9 heteroatoms. The van der Waals surface area contributed by atoms with E-state index in [-0.39, 0.29) is 65.4 Å². The summed E-state index contributed by atoms with van der Waals surface area (Å²) in [5.41, 5.74) is -0.254. The quantitative estimate of drug-likeness (QED) is 0.327. The molecule has 0 aromatic carbocycles. The summed E-state index contributed by atoms with van der Waals surface area (Å²) in [5, 5.41) is 35.8. The third-order valence-corrected chi connectivity index (χ3v) is 11.7. The van der Waals surface area contributed by atoms with Crippen LogP contribution in [0.1, 0.15) is 78.6 Å². The number of nitrogens with one attached hydrogen (secondary N) is 1. The van der Waals surface area contributed by atoms with E-state index in [9.17, 15) is 28.5 Å². The maximum atomic E-state index is 12.2. The second kappa shape index (κ2) is 9.86. The molecule has 4 rings (SSSR count). The molecule has 8 nitrogen and oxygen atoms in total. The molecule has 6 unspecified atom stereocenters. The molecule has 0 aromatic heterocycles. The molecule has 0 radical (unpaired) electrons. The largest absolute Gasteiger partial charge is 0.393 e. The molecule has 5 N–H and O–H groups in total. The van der Waals surface area contributed by atoms with Gasteiger partial charge in [-0.15, -0.1) is 0 Å². The van der Waals surface area contributed by atoms with Crippen LogP contribution in [0.4, 0.5) is 0 Å². The third-order valence-electron chi connectivity index (χ3n) is 11.0. The third kappa shape index (κ3) is 5.05. The van der Waals surface area contributed by atoms with Crippen LogP contribution in [0.3, 0.4) is 0 Å². The highest BCUT2D eigenvalue weighted by Gasteiger charge is 2.65. The van der Waals surface area contributed by atoms with Gasteiger partial charge in [-0.25, -0.2) is 0 Å². The molecular weight excluding hydrogens is 470 g/mol. The monoisotopic (exact) mass is 515 g/mol. The van der Waals surface area contributed by atoms with Crippen LogP contribution in [0.15, 0.2) is 0 Å². The van der Waals surface area contributed by atoms with Crippen LogP contribution in [0.2, 0.25) is 0 Å². The number of hydrogen-bond acceptors (Lipinski definition) is 6. The summed E-state index contributed by atoms with van der Waals surface area (Å²) < 4.78 is 30.5. The van der Waals surface area contributed by atoms with Gasteiger partial charge in [0.1, 0.15) is 0 Å². The lowest BCUT2D eigenvalue weighted by atomic mass is 9.43. The van der Waals surface area contributed by atoms with Gasteiger partial charge in [0.25, 0.3) is 10.1 Å². The van der Waals surface area contributed by atoms with Gasteiger partial charge in [0.05, 0.1) is 24.1 Å². The van der Waals surface area contributed by atoms with Gasteiger partial charge in [0.2, 0.25) is 5.91 Å². The highest BCUT2D eigenvalue weighted by atomic mass is 32.2. The van der Waals surface area contributed by atoms with Crippen LogP contribution in [-0.4, -0.2) is 64.8 Å². The standard InChI is InChI=1S/C26H45NO7S/c1-15(4-7-23(31)27-10-11-35(32,33)34)18-5-6-19-24-20(14-22(30)26(18,19)3)25(2)9-8-17(28)12-16(25)13-21(24)29/h15-22,24,28-30H,4-14H2,1-3H3,(H,27,31)(H,32,33,34)/t15?,16?,17-,18-,19?,20?,21?,22+,24?,25+,26-/m1/s1. The van der Waals surface area contributed by atoms with E-state index in [1.807, 2.05) is 0 Å². The Labute approximate surface area is 210 Å². The summed E-state index contributed by atoms with van der Waals surface area (Å²) in [6.45, 7) is 6.56. The first kappa shape index (κ1) is 27.3. The highest BCUT2D eigenvalue weighted by Crippen LogP contribution is 2.68. The fraction of sp³-hybridized carbons (Fsp3) is 0.962. The normalized spacial score (nSPS) is 46.3. The van der Waals surface area contributed by atoms with Gasteiger partial charge in [0.15, 0.2) is 0 Å². The van der Waals surface area contributed by atoms with E-state index in [1.165, 1.54) is 0 Å². The van der Waals surface area contributed by atoms with Crippen molar-refractivity contribution in [2.45, 2.75) is 96.9 Å². The van der Waals surface area contributed by atoms with Gasteiger partial charge in [-0.3, -0.25) is 9.35 Å². The summed E-state index contributed by atoms with van der Waals surface area (Å²) in [4.78, 5) is 12.2. The maximum absolute atomic E-state index is 12.2. The van der Waals surface area contributed by atoms with Crippen LogP contribution >= 0.6 is 0 Å². The summed E-state index contributed by atoms with van der Waals surface area (Å²) in [5.74, 6) is 0.705. The Kier molecular flexibility index (Phi) is 7.69. The molecule has 4 saturated carbocycles. The van der Waals surface area contributed by atoms with Gasteiger partial charge in [-0.2, -0.15) is 8.42 Å². The SMILES string of the molecule is CC(CCC(=O)NCCS(=O)(=O)O)[C@H]1CCC2C3C(O)CC4C[C@H](O)CC[C@]4(C)C3C[C@H](O)[C@@]21C. The Morgan fingerprint density at radius 3 is 2.46 bits per heavy atom.